The molecule has 0 aromatic carbocycles. The number of hydrogen-bond donors (Lipinski definition) is 1. The van der Waals surface area contributed by atoms with E-state index in [0.29, 0.717) is 12.0 Å². The molecule has 0 heterocycles. The van der Waals surface area contributed by atoms with Crippen molar-refractivity contribution in [1.29, 1.82) is 0 Å². The van der Waals surface area contributed by atoms with Gasteiger partial charge >= 0.3 is 0 Å². The van der Waals surface area contributed by atoms with Gasteiger partial charge in [-0.1, -0.05) is 20.3 Å². The van der Waals surface area contributed by atoms with E-state index in [0.717, 1.165) is 19.3 Å². The van der Waals surface area contributed by atoms with Crippen molar-refractivity contribution in [1.82, 2.24) is 4.90 Å². The maximum Gasteiger partial charge on any atom is 0.227 e. The van der Waals surface area contributed by atoms with Crippen LogP contribution in [0.3, 0.4) is 0 Å². The molecule has 1 fully saturated rings. The zero-order chi connectivity index (χ0) is 12.3. The van der Waals surface area contributed by atoms with Crippen LogP contribution in [0.1, 0.15) is 46.5 Å². The van der Waals surface area contributed by atoms with Crippen molar-refractivity contribution in [3.63, 3.8) is 0 Å². The van der Waals surface area contributed by atoms with E-state index >= 15 is 0 Å². The smallest absolute Gasteiger partial charge is 0.227 e. The normalized spacial score (nSPS) is 32.2. The van der Waals surface area contributed by atoms with E-state index in [1.165, 1.54) is 6.42 Å². The molecule has 0 spiro atoms. The molecule has 16 heavy (non-hydrogen) atoms. The molecule has 3 nitrogen and oxygen atoms in total. The SMILES string of the molecule is CCC(C)N(C)C(=O)C1C(C)CCCC1N. The predicted molar refractivity (Wildman–Crippen MR) is 67.0 cm³/mol. The third-order valence-electron chi connectivity index (χ3n) is 4.16. The summed E-state index contributed by atoms with van der Waals surface area (Å²) < 4.78 is 0. The molecule has 0 saturated heterocycles. The van der Waals surface area contributed by atoms with Gasteiger partial charge < -0.3 is 10.6 Å². The van der Waals surface area contributed by atoms with E-state index in [1.807, 2.05) is 11.9 Å². The maximum atomic E-state index is 12.4. The van der Waals surface area contributed by atoms with Crippen LogP contribution in [0.4, 0.5) is 0 Å². The zero-order valence-electron chi connectivity index (χ0n) is 11.1. The van der Waals surface area contributed by atoms with Gasteiger partial charge in [-0.15, -0.1) is 0 Å². The summed E-state index contributed by atoms with van der Waals surface area (Å²) in [5, 5.41) is 0. The van der Waals surface area contributed by atoms with Gasteiger partial charge in [-0.3, -0.25) is 4.79 Å². The number of rotatable bonds is 3. The van der Waals surface area contributed by atoms with Crippen LogP contribution in [0, 0.1) is 11.8 Å². The number of amides is 1. The number of hydrogen-bond acceptors (Lipinski definition) is 2. The van der Waals surface area contributed by atoms with Crippen molar-refractivity contribution < 1.29 is 4.79 Å². The van der Waals surface area contributed by atoms with Gasteiger partial charge in [0.2, 0.25) is 5.91 Å². The van der Waals surface area contributed by atoms with E-state index in [1.54, 1.807) is 0 Å². The second-order valence-corrected chi connectivity index (χ2v) is 5.30. The fourth-order valence-electron chi connectivity index (χ4n) is 2.61. The summed E-state index contributed by atoms with van der Waals surface area (Å²) in [6, 6.07) is 0.372. The molecule has 2 N–H and O–H groups in total. The third kappa shape index (κ3) is 2.76. The number of nitrogens with zero attached hydrogens (tertiary/aromatic N) is 1. The molecule has 0 aromatic heterocycles. The highest BCUT2D eigenvalue weighted by Crippen LogP contribution is 2.30. The van der Waals surface area contributed by atoms with Gasteiger partial charge in [0.1, 0.15) is 0 Å². The lowest BCUT2D eigenvalue weighted by Crippen LogP contribution is -2.49. The average molecular weight is 226 g/mol. The van der Waals surface area contributed by atoms with Gasteiger partial charge in [-0.2, -0.15) is 0 Å². The largest absolute Gasteiger partial charge is 0.343 e. The third-order valence-corrected chi connectivity index (χ3v) is 4.16. The van der Waals surface area contributed by atoms with Gasteiger partial charge in [-0.25, -0.2) is 0 Å². The summed E-state index contributed by atoms with van der Waals surface area (Å²) >= 11 is 0. The molecule has 4 unspecified atom stereocenters. The van der Waals surface area contributed by atoms with Crippen LogP contribution in [-0.2, 0) is 4.79 Å². The Hall–Kier alpha value is -0.570. The molecule has 0 aliphatic heterocycles. The van der Waals surface area contributed by atoms with Crippen molar-refractivity contribution in [2.45, 2.75) is 58.5 Å². The van der Waals surface area contributed by atoms with Crippen LogP contribution in [0.5, 0.6) is 0 Å². The molecular weight excluding hydrogens is 200 g/mol. The zero-order valence-corrected chi connectivity index (χ0v) is 11.1. The van der Waals surface area contributed by atoms with Gasteiger partial charge in [0.15, 0.2) is 0 Å². The summed E-state index contributed by atoms with van der Waals surface area (Å²) in [4.78, 5) is 14.2. The Balaban J connectivity index is 2.70. The van der Waals surface area contributed by atoms with Crippen molar-refractivity contribution in [3.05, 3.63) is 0 Å². The fourth-order valence-corrected chi connectivity index (χ4v) is 2.61. The monoisotopic (exact) mass is 226 g/mol. The van der Waals surface area contributed by atoms with Crippen LogP contribution in [0.15, 0.2) is 0 Å². The Morgan fingerprint density at radius 1 is 1.50 bits per heavy atom. The lowest BCUT2D eigenvalue weighted by atomic mass is 9.76. The molecule has 0 radical (unpaired) electrons. The maximum absolute atomic E-state index is 12.4. The Kier molecular flexibility index (Phi) is 4.78. The highest BCUT2D eigenvalue weighted by atomic mass is 16.2. The topological polar surface area (TPSA) is 46.3 Å². The molecule has 1 rings (SSSR count). The second kappa shape index (κ2) is 5.67. The van der Waals surface area contributed by atoms with Crippen LogP contribution >= 0.6 is 0 Å². The van der Waals surface area contributed by atoms with Gasteiger partial charge in [0.25, 0.3) is 0 Å². The van der Waals surface area contributed by atoms with Crippen LogP contribution in [0.2, 0.25) is 0 Å². The number of nitrogens with two attached hydrogens (primary N) is 1. The van der Waals surface area contributed by atoms with Crippen LogP contribution < -0.4 is 5.73 Å². The predicted octanol–water partition coefficient (Wildman–Crippen LogP) is 2.01. The molecule has 1 aliphatic rings. The van der Waals surface area contributed by atoms with Crippen molar-refractivity contribution in [2.75, 3.05) is 7.05 Å². The second-order valence-electron chi connectivity index (χ2n) is 5.30. The fraction of sp³-hybridized carbons (Fsp3) is 0.923. The Bertz CT molecular complexity index is 232. The highest BCUT2D eigenvalue weighted by molar-refractivity contribution is 5.80. The van der Waals surface area contributed by atoms with Crippen molar-refractivity contribution in [3.8, 4) is 0 Å². The van der Waals surface area contributed by atoms with Gasteiger partial charge in [0, 0.05) is 19.1 Å². The summed E-state index contributed by atoms with van der Waals surface area (Å²) in [6.45, 7) is 6.36. The summed E-state index contributed by atoms with van der Waals surface area (Å²) in [5.74, 6) is 0.713. The van der Waals surface area contributed by atoms with Gasteiger partial charge in [-0.05, 0) is 32.1 Å². The molecular formula is C13H26N2O. The summed E-state index contributed by atoms with van der Waals surface area (Å²) in [7, 11) is 1.91. The molecule has 4 atom stereocenters. The Morgan fingerprint density at radius 3 is 2.62 bits per heavy atom. The van der Waals surface area contributed by atoms with Gasteiger partial charge in [0.05, 0.1) is 5.92 Å². The summed E-state index contributed by atoms with van der Waals surface area (Å²) in [5.41, 5.74) is 6.10. The highest BCUT2D eigenvalue weighted by Gasteiger charge is 2.36. The van der Waals surface area contributed by atoms with E-state index in [9.17, 15) is 4.79 Å². The molecule has 1 amide bonds. The Morgan fingerprint density at radius 2 is 2.12 bits per heavy atom. The number of carbonyl (C=O) groups is 1. The quantitative estimate of drug-likeness (QED) is 0.800. The summed E-state index contributed by atoms with van der Waals surface area (Å²) in [6.07, 6.45) is 4.30. The molecule has 94 valence electrons. The lowest BCUT2D eigenvalue weighted by molar-refractivity contribution is -0.139. The van der Waals surface area contributed by atoms with Crippen LogP contribution in [0.25, 0.3) is 0 Å². The first-order valence-corrected chi connectivity index (χ1v) is 6.51. The average Bonchev–Trinajstić information content (AvgIpc) is 2.26. The molecule has 0 aromatic rings. The van der Waals surface area contributed by atoms with E-state index in [2.05, 4.69) is 20.8 Å². The van der Waals surface area contributed by atoms with E-state index in [-0.39, 0.29) is 17.9 Å². The van der Waals surface area contributed by atoms with Crippen LogP contribution in [-0.4, -0.2) is 29.9 Å². The standard InChI is InChI=1S/C13H26N2O/c1-5-10(3)15(4)13(16)12-9(2)7-6-8-11(12)14/h9-12H,5-8,14H2,1-4H3. The minimum absolute atomic E-state index is 0.0350. The molecule has 1 aliphatic carbocycles. The molecule has 1 saturated carbocycles. The first-order chi connectivity index (χ1) is 7.49. The molecule has 3 heteroatoms. The lowest BCUT2D eigenvalue weighted by Gasteiger charge is -2.37. The van der Waals surface area contributed by atoms with E-state index in [4.69, 9.17) is 5.73 Å². The minimum atomic E-state index is 0.0350. The Labute approximate surface area is 99.4 Å². The van der Waals surface area contributed by atoms with Crippen molar-refractivity contribution in [2.24, 2.45) is 17.6 Å². The van der Waals surface area contributed by atoms with Crippen molar-refractivity contribution >= 4 is 5.91 Å². The van der Waals surface area contributed by atoms with E-state index < -0.39 is 0 Å². The minimum Gasteiger partial charge on any atom is -0.343 e. The first kappa shape index (κ1) is 13.5. The first-order valence-electron chi connectivity index (χ1n) is 6.51. The number of carbonyl (C=O) groups excluding carboxylic acids is 1. The molecule has 0 bridgehead atoms.